The van der Waals surface area contributed by atoms with Crippen LogP contribution in [0, 0.1) is 0 Å². The Morgan fingerprint density at radius 3 is 2.93 bits per heavy atom. The lowest BCUT2D eigenvalue weighted by molar-refractivity contribution is -0.136. The van der Waals surface area contributed by atoms with Gasteiger partial charge in [-0.15, -0.1) is 0 Å². The van der Waals surface area contributed by atoms with Crippen LogP contribution in [0.5, 0.6) is 0 Å². The Labute approximate surface area is 94.5 Å². The van der Waals surface area contributed by atoms with E-state index in [-0.39, 0.29) is 6.42 Å². The van der Waals surface area contributed by atoms with Crippen molar-refractivity contribution in [1.29, 1.82) is 0 Å². The van der Waals surface area contributed by atoms with Gasteiger partial charge in [0.2, 0.25) is 0 Å². The molecule has 0 saturated carbocycles. The van der Waals surface area contributed by atoms with Gasteiger partial charge in [-0.3, -0.25) is 4.79 Å². The van der Waals surface area contributed by atoms with Gasteiger partial charge in [-0.2, -0.15) is 0 Å². The second-order valence-corrected chi connectivity index (χ2v) is 3.81. The molecule has 0 aliphatic heterocycles. The van der Waals surface area contributed by atoms with E-state index < -0.39 is 5.97 Å². The minimum atomic E-state index is -0.823. The van der Waals surface area contributed by atoms with Crippen LogP contribution >= 0.6 is 15.9 Å². The number of carboxylic acid groups (broad SMARTS) is 1. The monoisotopic (exact) mass is 268 g/mol. The molecule has 0 atom stereocenters. The largest absolute Gasteiger partial charge is 0.481 e. The molecular formula is C10H9BrN2O2. The fourth-order valence-corrected chi connectivity index (χ4v) is 2.04. The lowest BCUT2D eigenvalue weighted by Gasteiger charge is -2.04. The van der Waals surface area contributed by atoms with Crippen molar-refractivity contribution < 1.29 is 9.90 Å². The highest BCUT2D eigenvalue weighted by atomic mass is 79.9. The third-order valence-corrected chi connectivity index (χ3v) is 2.83. The first kappa shape index (κ1) is 10.2. The smallest absolute Gasteiger partial charge is 0.307 e. The molecule has 2 aromatic rings. The zero-order chi connectivity index (χ0) is 10.8. The Morgan fingerprint density at radius 2 is 2.27 bits per heavy atom. The second-order valence-electron chi connectivity index (χ2n) is 3.24. The van der Waals surface area contributed by atoms with E-state index in [9.17, 15) is 4.79 Å². The standard InChI is InChI=1S/C10H9BrN2O2/c11-4-7-2-9-8(12-5-13-9)1-6(7)3-10(14)15/h1-2,5H,3-4H2,(H,12,13)(H,14,15). The fourth-order valence-electron chi connectivity index (χ4n) is 1.52. The molecule has 0 fully saturated rings. The molecule has 1 heterocycles. The number of aromatic nitrogens is 2. The van der Waals surface area contributed by atoms with Gasteiger partial charge in [0, 0.05) is 5.33 Å². The Morgan fingerprint density at radius 1 is 1.47 bits per heavy atom. The van der Waals surface area contributed by atoms with Crippen LogP contribution in [0.1, 0.15) is 11.1 Å². The normalized spacial score (nSPS) is 10.7. The van der Waals surface area contributed by atoms with Crippen LogP contribution in [0.15, 0.2) is 18.5 Å². The molecule has 4 nitrogen and oxygen atoms in total. The number of carbonyl (C=O) groups is 1. The quantitative estimate of drug-likeness (QED) is 0.838. The lowest BCUT2D eigenvalue weighted by Crippen LogP contribution is -2.02. The van der Waals surface area contributed by atoms with Gasteiger partial charge >= 0.3 is 5.97 Å². The maximum absolute atomic E-state index is 10.7. The Hall–Kier alpha value is -1.36. The highest BCUT2D eigenvalue weighted by Crippen LogP contribution is 2.20. The van der Waals surface area contributed by atoms with Crippen molar-refractivity contribution >= 4 is 32.9 Å². The Bertz CT molecular complexity index is 507. The predicted octanol–water partition coefficient (Wildman–Crippen LogP) is 2.08. The van der Waals surface area contributed by atoms with Gasteiger partial charge in [0.05, 0.1) is 23.8 Å². The summed E-state index contributed by atoms with van der Waals surface area (Å²) >= 11 is 3.34. The summed E-state index contributed by atoms with van der Waals surface area (Å²) in [5.41, 5.74) is 3.52. The average molecular weight is 269 g/mol. The van der Waals surface area contributed by atoms with Crippen molar-refractivity contribution in [1.82, 2.24) is 9.97 Å². The van der Waals surface area contributed by atoms with Gasteiger partial charge in [-0.25, -0.2) is 4.98 Å². The molecule has 0 radical (unpaired) electrons. The molecule has 0 saturated heterocycles. The Balaban J connectivity index is 2.54. The van der Waals surface area contributed by atoms with E-state index >= 15 is 0 Å². The maximum atomic E-state index is 10.7. The zero-order valence-electron chi connectivity index (χ0n) is 7.83. The van der Waals surface area contributed by atoms with Gasteiger partial charge in [0.25, 0.3) is 0 Å². The van der Waals surface area contributed by atoms with Crippen LogP contribution < -0.4 is 0 Å². The SMILES string of the molecule is O=C(O)Cc1cc2[nH]cnc2cc1CBr. The minimum Gasteiger partial charge on any atom is -0.481 e. The molecule has 0 amide bonds. The summed E-state index contributed by atoms with van der Waals surface area (Å²) in [5.74, 6) is -0.823. The molecule has 0 bridgehead atoms. The van der Waals surface area contributed by atoms with Crippen molar-refractivity contribution in [2.45, 2.75) is 11.8 Å². The van der Waals surface area contributed by atoms with Crippen LogP contribution in [0.2, 0.25) is 0 Å². The number of nitrogens with zero attached hydrogens (tertiary/aromatic N) is 1. The molecular weight excluding hydrogens is 260 g/mol. The third-order valence-electron chi connectivity index (χ3n) is 2.23. The summed E-state index contributed by atoms with van der Waals surface area (Å²) in [6.07, 6.45) is 1.64. The lowest BCUT2D eigenvalue weighted by atomic mass is 10.0. The molecule has 2 N–H and O–H groups in total. The molecule has 5 heteroatoms. The summed E-state index contributed by atoms with van der Waals surface area (Å²) in [6, 6.07) is 3.74. The Kier molecular flexibility index (Phi) is 2.73. The number of carboxylic acids is 1. The molecule has 15 heavy (non-hydrogen) atoms. The minimum absolute atomic E-state index is 0.0376. The van der Waals surface area contributed by atoms with Crippen LogP contribution in [0.4, 0.5) is 0 Å². The van der Waals surface area contributed by atoms with Gasteiger partial charge in [-0.1, -0.05) is 15.9 Å². The van der Waals surface area contributed by atoms with Crippen LogP contribution in [-0.2, 0) is 16.5 Å². The van der Waals surface area contributed by atoms with E-state index in [1.54, 1.807) is 6.33 Å². The highest BCUT2D eigenvalue weighted by molar-refractivity contribution is 9.08. The average Bonchev–Trinajstić information content (AvgIpc) is 2.62. The molecule has 2 rings (SSSR count). The number of hydrogen-bond donors (Lipinski definition) is 2. The molecule has 1 aromatic heterocycles. The molecule has 1 aromatic carbocycles. The topological polar surface area (TPSA) is 66.0 Å². The van der Waals surface area contributed by atoms with E-state index in [0.717, 1.165) is 22.2 Å². The number of imidazole rings is 1. The van der Waals surface area contributed by atoms with Crippen molar-refractivity contribution in [2.75, 3.05) is 0 Å². The summed E-state index contributed by atoms with van der Waals surface area (Å²) < 4.78 is 0. The highest BCUT2D eigenvalue weighted by Gasteiger charge is 2.08. The maximum Gasteiger partial charge on any atom is 0.307 e. The van der Waals surface area contributed by atoms with E-state index in [0.29, 0.717) is 5.33 Å². The number of aliphatic carboxylic acids is 1. The molecule has 0 unspecified atom stereocenters. The third kappa shape index (κ3) is 2.02. The first-order chi connectivity index (χ1) is 7.20. The van der Waals surface area contributed by atoms with Gasteiger partial charge in [0.1, 0.15) is 0 Å². The summed E-state index contributed by atoms with van der Waals surface area (Å²) in [6.45, 7) is 0. The van der Waals surface area contributed by atoms with Crippen LogP contribution in [-0.4, -0.2) is 21.0 Å². The summed E-state index contributed by atoms with van der Waals surface area (Å²) in [4.78, 5) is 17.8. The van der Waals surface area contributed by atoms with E-state index in [4.69, 9.17) is 5.11 Å². The van der Waals surface area contributed by atoms with Crippen molar-refractivity contribution in [3.63, 3.8) is 0 Å². The first-order valence-electron chi connectivity index (χ1n) is 4.43. The molecule has 78 valence electrons. The van der Waals surface area contributed by atoms with Crippen LogP contribution in [0.3, 0.4) is 0 Å². The van der Waals surface area contributed by atoms with Crippen molar-refractivity contribution in [3.05, 3.63) is 29.6 Å². The van der Waals surface area contributed by atoms with Gasteiger partial charge < -0.3 is 10.1 Å². The number of fused-ring (bicyclic) bond motifs is 1. The number of halogens is 1. The zero-order valence-corrected chi connectivity index (χ0v) is 9.41. The van der Waals surface area contributed by atoms with E-state index in [2.05, 4.69) is 25.9 Å². The number of alkyl halides is 1. The molecule has 0 aliphatic carbocycles. The fraction of sp³-hybridized carbons (Fsp3) is 0.200. The number of rotatable bonds is 3. The first-order valence-corrected chi connectivity index (χ1v) is 5.55. The number of aromatic amines is 1. The van der Waals surface area contributed by atoms with E-state index in [1.165, 1.54) is 0 Å². The molecule has 0 aliphatic rings. The number of hydrogen-bond acceptors (Lipinski definition) is 2. The van der Waals surface area contributed by atoms with Gasteiger partial charge in [-0.05, 0) is 23.3 Å². The van der Waals surface area contributed by atoms with Gasteiger partial charge in [0.15, 0.2) is 0 Å². The molecule has 0 spiro atoms. The number of H-pyrrole nitrogens is 1. The van der Waals surface area contributed by atoms with Crippen molar-refractivity contribution in [3.8, 4) is 0 Å². The summed E-state index contributed by atoms with van der Waals surface area (Å²) in [5, 5.41) is 9.41. The van der Waals surface area contributed by atoms with Crippen LogP contribution in [0.25, 0.3) is 11.0 Å². The number of nitrogens with one attached hydrogen (secondary N) is 1. The predicted molar refractivity (Wildman–Crippen MR) is 60.1 cm³/mol. The number of benzene rings is 1. The van der Waals surface area contributed by atoms with Crippen molar-refractivity contribution in [2.24, 2.45) is 0 Å². The second kappa shape index (κ2) is 4.02. The van der Waals surface area contributed by atoms with E-state index in [1.807, 2.05) is 12.1 Å². The summed E-state index contributed by atoms with van der Waals surface area (Å²) in [7, 11) is 0.